The summed E-state index contributed by atoms with van der Waals surface area (Å²) in [6, 6.07) is 4.35. The van der Waals surface area contributed by atoms with E-state index in [9.17, 15) is 0 Å². The Hall–Kier alpha value is -0.800. The number of nitrogens with zero attached hydrogens (tertiary/aromatic N) is 3. The van der Waals surface area contributed by atoms with Gasteiger partial charge in [0.25, 0.3) is 0 Å². The molecule has 3 rings (SSSR count). The van der Waals surface area contributed by atoms with E-state index in [-0.39, 0.29) is 30.0 Å². The van der Waals surface area contributed by atoms with Crippen LogP contribution in [0.5, 0.6) is 0 Å². The molecule has 2 aliphatic rings. The summed E-state index contributed by atoms with van der Waals surface area (Å²) in [5.74, 6) is 2.98. The minimum Gasteiger partial charge on any atom is -0.465 e. The topological polar surface area (TPSA) is 53.2 Å². The minimum absolute atomic E-state index is 0. The van der Waals surface area contributed by atoms with Gasteiger partial charge in [0.15, 0.2) is 5.96 Å². The third-order valence-electron chi connectivity index (χ3n) is 5.95. The van der Waals surface area contributed by atoms with Gasteiger partial charge in [0.05, 0.1) is 19.3 Å². The van der Waals surface area contributed by atoms with E-state index in [1.165, 1.54) is 12.8 Å². The van der Waals surface area contributed by atoms with Crippen LogP contribution in [0.1, 0.15) is 44.3 Å². The van der Waals surface area contributed by atoms with Crippen LogP contribution in [0.15, 0.2) is 21.5 Å². The summed E-state index contributed by atoms with van der Waals surface area (Å²) >= 11 is 0. The van der Waals surface area contributed by atoms with E-state index in [0.717, 1.165) is 63.4 Å². The van der Waals surface area contributed by atoms with Crippen LogP contribution in [0, 0.1) is 12.3 Å². The molecule has 0 amide bonds. The normalized spacial score (nSPS) is 25.3. The van der Waals surface area contributed by atoms with E-state index in [0.29, 0.717) is 5.41 Å². The van der Waals surface area contributed by atoms with Crippen molar-refractivity contribution >= 4 is 29.9 Å². The first-order valence-electron chi connectivity index (χ1n) is 9.88. The van der Waals surface area contributed by atoms with Crippen molar-refractivity contribution in [3.8, 4) is 0 Å². The zero-order valence-corrected chi connectivity index (χ0v) is 19.5. The number of nitrogens with one attached hydrogen (secondary N) is 1. The van der Waals surface area contributed by atoms with E-state index in [2.05, 4.69) is 40.0 Å². The van der Waals surface area contributed by atoms with Crippen LogP contribution in [0.3, 0.4) is 0 Å². The zero-order chi connectivity index (χ0) is 18.6. The summed E-state index contributed by atoms with van der Waals surface area (Å²) in [4.78, 5) is 9.39. The van der Waals surface area contributed by atoms with Gasteiger partial charge in [-0.2, -0.15) is 0 Å². The Kier molecular flexibility index (Phi) is 8.42. The van der Waals surface area contributed by atoms with Gasteiger partial charge in [-0.25, -0.2) is 0 Å². The number of hydrogen-bond acceptors (Lipinski definition) is 4. The van der Waals surface area contributed by atoms with Gasteiger partial charge < -0.3 is 19.4 Å². The fraction of sp³-hybridized carbons (Fsp3) is 0.750. The van der Waals surface area contributed by atoms with Crippen LogP contribution in [-0.2, 0) is 4.74 Å². The van der Waals surface area contributed by atoms with Crippen LogP contribution in [0.2, 0.25) is 0 Å². The monoisotopic (exact) mass is 490 g/mol. The van der Waals surface area contributed by atoms with Gasteiger partial charge in [0.2, 0.25) is 0 Å². The molecular formula is C20H35IN4O2. The Balaban J connectivity index is 0.00000261. The number of furan rings is 1. The molecule has 0 saturated carbocycles. The number of likely N-dealkylation sites (tertiary alicyclic amines) is 1. The summed E-state index contributed by atoms with van der Waals surface area (Å²) in [5, 5.41) is 3.61. The average molecular weight is 490 g/mol. The van der Waals surface area contributed by atoms with Crippen molar-refractivity contribution in [2.75, 3.05) is 53.0 Å². The molecular weight excluding hydrogens is 455 g/mol. The Morgan fingerprint density at radius 2 is 2.04 bits per heavy atom. The second-order valence-electron chi connectivity index (χ2n) is 7.88. The minimum atomic E-state index is 0. The molecule has 6 nitrogen and oxygen atoms in total. The summed E-state index contributed by atoms with van der Waals surface area (Å²) in [7, 11) is 1.88. The molecule has 2 fully saturated rings. The molecule has 2 saturated heterocycles. The first kappa shape index (κ1) is 22.5. The lowest BCUT2D eigenvalue weighted by atomic mass is 9.87. The van der Waals surface area contributed by atoms with Gasteiger partial charge in [-0.15, -0.1) is 24.0 Å². The Morgan fingerprint density at radius 3 is 2.59 bits per heavy atom. The zero-order valence-electron chi connectivity index (χ0n) is 17.2. The van der Waals surface area contributed by atoms with Gasteiger partial charge in [0.1, 0.15) is 11.5 Å². The SMILES string of the molecule is CCC1(C)CCN(C(=NC)NCC(c2ccc(C)o2)N2CCOCC2)C1.I. The molecule has 1 aromatic rings. The molecule has 0 radical (unpaired) electrons. The third kappa shape index (κ3) is 5.60. The van der Waals surface area contributed by atoms with Crippen molar-refractivity contribution in [2.24, 2.45) is 10.4 Å². The maximum absolute atomic E-state index is 5.96. The van der Waals surface area contributed by atoms with Crippen LogP contribution >= 0.6 is 24.0 Å². The number of halogens is 1. The Morgan fingerprint density at radius 1 is 1.30 bits per heavy atom. The van der Waals surface area contributed by atoms with Crippen molar-refractivity contribution in [2.45, 2.75) is 39.7 Å². The highest BCUT2D eigenvalue weighted by Crippen LogP contribution is 2.33. The Labute approximate surface area is 180 Å². The smallest absolute Gasteiger partial charge is 0.193 e. The molecule has 0 aliphatic carbocycles. The van der Waals surface area contributed by atoms with Crippen molar-refractivity contribution in [1.29, 1.82) is 0 Å². The summed E-state index contributed by atoms with van der Waals surface area (Å²) in [6.45, 7) is 13.0. The second kappa shape index (κ2) is 10.1. The maximum atomic E-state index is 5.96. The van der Waals surface area contributed by atoms with Crippen LogP contribution < -0.4 is 5.32 Å². The van der Waals surface area contributed by atoms with Crippen molar-refractivity contribution < 1.29 is 9.15 Å². The molecule has 0 aromatic carbocycles. The molecule has 7 heteroatoms. The van der Waals surface area contributed by atoms with E-state index >= 15 is 0 Å². The highest BCUT2D eigenvalue weighted by atomic mass is 127. The predicted molar refractivity (Wildman–Crippen MR) is 120 cm³/mol. The standard InChI is InChI=1S/C20H34N4O2.HI/c1-5-20(3)8-9-24(15-20)19(21-4)22-14-17(18-7-6-16(2)26-18)23-10-12-25-13-11-23;/h6-7,17H,5,8-15H2,1-4H3,(H,21,22);1H. The van der Waals surface area contributed by atoms with E-state index in [4.69, 9.17) is 9.15 Å². The molecule has 1 aromatic heterocycles. The number of guanidine groups is 1. The summed E-state index contributed by atoms with van der Waals surface area (Å²) < 4.78 is 11.5. The molecule has 0 spiro atoms. The fourth-order valence-electron chi connectivity index (χ4n) is 3.94. The lowest BCUT2D eigenvalue weighted by Crippen LogP contribution is -2.47. The Bertz CT molecular complexity index is 615. The van der Waals surface area contributed by atoms with Crippen LogP contribution in [0.4, 0.5) is 0 Å². The van der Waals surface area contributed by atoms with Gasteiger partial charge in [0, 0.05) is 39.8 Å². The average Bonchev–Trinajstić information content (AvgIpc) is 3.26. The molecule has 2 atom stereocenters. The lowest BCUT2D eigenvalue weighted by molar-refractivity contribution is 0.0123. The predicted octanol–water partition coefficient (Wildman–Crippen LogP) is 3.28. The number of morpholine rings is 1. The largest absolute Gasteiger partial charge is 0.465 e. The number of rotatable bonds is 5. The van der Waals surface area contributed by atoms with E-state index in [1.807, 2.05) is 20.0 Å². The fourth-order valence-corrected chi connectivity index (χ4v) is 3.94. The molecule has 0 bridgehead atoms. The molecule has 2 aliphatic heterocycles. The second-order valence-corrected chi connectivity index (χ2v) is 7.88. The van der Waals surface area contributed by atoms with Gasteiger partial charge in [-0.3, -0.25) is 9.89 Å². The highest BCUT2D eigenvalue weighted by Gasteiger charge is 2.34. The summed E-state index contributed by atoms with van der Waals surface area (Å²) in [6.07, 6.45) is 2.44. The highest BCUT2D eigenvalue weighted by molar-refractivity contribution is 14.0. The number of hydrogen-bond donors (Lipinski definition) is 1. The number of aliphatic imine (C=N–C) groups is 1. The quantitative estimate of drug-likeness (QED) is 0.390. The van der Waals surface area contributed by atoms with Crippen LogP contribution in [0.25, 0.3) is 0 Å². The van der Waals surface area contributed by atoms with Gasteiger partial charge in [-0.1, -0.05) is 13.8 Å². The van der Waals surface area contributed by atoms with Crippen molar-refractivity contribution in [1.82, 2.24) is 15.1 Å². The van der Waals surface area contributed by atoms with Crippen molar-refractivity contribution in [3.63, 3.8) is 0 Å². The number of aryl methyl sites for hydroxylation is 1. The number of ether oxygens (including phenoxy) is 1. The first-order chi connectivity index (χ1) is 12.5. The first-order valence-corrected chi connectivity index (χ1v) is 9.88. The van der Waals surface area contributed by atoms with Gasteiger partial charge in [-0.05, 0) is 37.3 Å². The van der Waals surface area contributed by atoms with E-state index in [1.54, 1.807) is 0 Å². The third-order valence-corrected chi connectivity index (χ3v) is 5.95. The van der Waals surface area contributed by atoms with Gasteiger partial charge >= 0.3 is 0 Å². The molecule has 3 heterocycles. The molecule has 154 valence electrons. The molecule has 2 unspecified atom stereocenters. The maximum Gasteiger partial charge on any atom is 0.193 e. The van der Waals surface area contributed by atoms with Crippen LogP contribution in [-0.4, -0.2) is 68.7 Å². The lowest BCUT2D eigenvalue weighted by Gasteiger charge is -2.34. The summed E-state index contributed by atoms with van der Waals surface area (Å²) in [5.41, 5.74) is 0.402. The van der Waals surface area contributed by atoms with E-state index < -0.39 is 0 Å². The molecule has 1 N–H and O–H groups in total. The molecule has 27 heavy (non-hydrogen) atoms. The van der Waals surface area contributed by atoms with Crippen molar-refractivity contribution in [3.05, 3.63) is 23.7 Å².